The molecule has 254 valence electrons. The number of rotatable bonds is 9. The number of urea groups is 1. The zero-order chi connectivity index (χ0) is 34.6. The number of benzene rings is 2. The van der Waals surface area contributed by atoms with Gasteiger partial charge in [-0.05, 0) is 46.2 Å². The number of nitrogens with one attached hydrogen (secondary N) is 3. The summed E-state index contributed by atoms with van der Waals surface area (Å²) in [5.74, 6) is -0.333. The molecule has 2 heterocycles. The zero-order valence-electron chi connectivity index (χ0n) is 27.7. The number of hydrogen-bond acceptors (Lipinski definition) is 9. The van der Waals surface area contributed by atoms with Crippen molar-refractivity contribution in [2.24, 2.45) is 5.92 Å². The molecule has 4 atom stereocenters. The minimum Gasteiger partial charge on any atom is -0.497 e. The summed E-state index contributed by atoms with van der Waals surface area (Å²) in [4.78, 5) is 58.6. The number of esters is 1. The maximum absolute atomic E-state index is 13.9. The van der Waals surface area contributed by atoms with Gasteiger partial charge in [0.25, 0.3) is 0 Å². The third-order valence-electron chi connectivity index (χ3n) is 8.12. The summed E-state index contributed by atoms with van der Waals surface area (Å²) < 4.78 is 22.4. The van der Waals surface area contributed by atoms with Gasteiger partial charge in [0.05, 0.1) is 31.5 Å². The van der Waals surface area contributed by atoms with Gasteiger partial charge in [-0.1, -0.05) is 36.4 Å². The molecule has 1 unspecified atom stereocenters. The first-order valence-electron chi connectivity index (χ1n) is 15.8. The third kappa shape index (κ3) is 7.45. The number of amides is 4. The molecular weight excluding hydrogens is 618 g/mol. The third-order valence-corrected chi connectivity index (χ3v) is 8.12. The standard InChI is InChI=1S/C35H41N5O8/c1-7-22-19-35(22,31(42)46-8-2)37-30(41)28-17-24(20-40(28)32(43)38-39-33(44)48-34(3,4)5)47-29-18-26(21-12-10-9-11-13-21)36-27-16-23(45-6)14-15-25(27)29/h7,9-16,18,22,24,28H,1,8,17,19-20H2,2-6H3,(H,37,41)(H,38,43)(H,39,44)/t22-,24-,28+,35?/m1/s1. The molecule has 13 heteroatoms. The van der Waals surface area contributed by atoms with Gasteiger partial charge in [-0.3, -0.25) is 4.79 Å². The monoisotopic (exact) mass is 659 g/mol. The van der Waals surface area contributed by atoms with Crippen LogP contribution in [0.4, 0.5) is 9.59 Å². The van der Waals surface area contributed by atoms with Crippen molar-refractivity contribution in [1.29, 1.82) is 0 Å². The van der Waals surface area contributed by atoms with Crippen molar-refractivity contribution in [1.82, 2.24) is 26.1 Å². The van der Waals surface area contributed by atoms with Crippen LogP contribution in [-0.2, 0) is 19.1 Å². The Morgan fingerprint density at radius 1 is 1.08 bits per heavy atom. The van der Waals surface area contributed by atoms with E-state index in [0.717, 1.165) is 5.56 Å². The van der Waals surface area contributed by atoms with Gasteiger partial charge in [0.2, 0.25) is 5.91 Å². The number of methoxy groups -OCH3 is 1. The first-order chi connectivity index (χ1) is 22.9. The van der Waals surface area contributed by atoms with Crippen LogP contribution in [0.1, 0.15) is 40.5 Å². The van der Waals surface area contributed by atoms with Crippen LogP contribution in [0, 0.1) is 5.92 Å². The van der Waals surface area contributed by atoms with Crippen LogP contribution < -0.4 is 25.6 Å². The highest BCUT2D eigenvalue weighted by molar-refractivity contribution is 5.95. The molecule has 2 fully saturated rings. The van der Waals surface area contributed by atoms with Gasteiger partial charge in [0.1, 0.15) is 34.8 Å². The van der Waals surface area contributed by atoms with Gasteiger partial charge in [-0.25, -0.2) is 30.2 Å². The van der Waals surface area contributed by atoms with Crippen LogP contribution >= 0.6 is 0 Å². The van der Waals surface area contributed by atoms with E-state index in [-0.39, 0.29) is 25.5 Å². The summed E-state index contributed by atoms with van der Waals surface area (Å²) in [6.45, 7) is 10.7. The minimum atomic E-state index is -1.27. The lowest BCUT2D eigenvalue weighted by atomic mass is 10.1. The lowest BCUT2D eigenvalue weighted by Gasteiger charge is -2.26. The molecule has 3 N–H and O–H groups in total. The maximum atomic E-state index is 13.9. The van der Waals surface area contributed by atoms with Gasteiger partial charge < -0.3 is 29.2 Å². The van der Waals surface area contributed by atoms with Crippen molar-refractivity contribution in [2.45, 2.75) is 63.8 Å². The molecule has 0 radical (unpaired) electrons. The molecular formula is C35H41N5O8. The van der Waals surface area contributed by atoms with Crippen LogP contribution in [0.15, 0.2) is 67.3 Å². The normalized spacial score (nSPS) is 21.5. The van der Waals surface area contributed by atoms with Crippen LogP contribution in [0.3, 0.4) is 0 Å². The number of carbonyl (C=O) groups is 4. The van der Waals surface area contributed by atoms with E-state index in [1.165, 1.54) is 4.90 Å². The van der Waals surface area contributed by atoms with Crippen molar-refractivity contribution in [2.75, 3.05) is 20.3 Å². The zero-order valence-corrected chi connectivity index (χ0v) is 27.7. The van der Waals surface area contributed by atoms with E-state index in [2.05, 4.69) is 22.7 Å². The van der Waals surface area contributed by atoms with Crippen LogP contribution in [0.5, 0.6) is 11.5 Å². The van der Waals surface area contributed by atoms with Crippen LogP contribution in [0.2, 0.25) is 0 Å². The second-order valence-corrected chi connectivity index (χ2v) is 12.7. The van der Waals surface area contributed by atoms with E-state index in [4.69, 9.17) is 23.9 Å². The quantitative estimate of drug-likeness (QED) is 0.171. The number of likely N-dealkylation sites (tertiary alicyclic amines) is 1. The number of hydrogen-bond donors (Lipinski definition) is 3. The average Bonchev–Trinajstić information content (AvgIpc) is 3.61. The number of carbonyl (C=O) groups excluding carboxylic acids is 4. The fraction of sp³-hybridized carbons (Fsp3) is 0.400. The molecule has 1 saturated heterocycles. The summed E-state index contributed by atoms with van der Waals surface area (Å²) in [5.41, 5.74) is 4.66. The Balaban J connectivity index is 1.43. The van der Waals surface area contributed by atoms with Gasteiger partial charge in [-0.2, -0.15) is 0 Å². The van der Waals surface area contributed by atoms with Crippen LogP contribution in [0.25, 0.3) is 22.2 Å². The fourth-order valence-electron chi connectivity index (χ4n) is 5.74. The lowest BCUT2D eigenvalue weighted by Crippen LogP contribution is -2.57. The van der Waals surface area contributed by atoms with E-state index in [1.807, 2.05) is 48.5 Å². The van der Waals surface area contributed by atoms with Crippen LogP contribution in [-0.4, -0.2) is 77.4 Å². The summed E-state index contributed by atoms with van der Waals surface area (Å²) >= 11 is 0. The topological polar surface area (TPSA) is 157 Å². The number of aromatic nitrogens is 1. The van der Waals surface area contributed by atoms with Gasteiger partial charge in [-0.15, -0.1) is 6.58 Å². The Kier molecular flexibility index (Phi) is 9.78. The first-order valence-corrected chi connectivity index (χ1v) is 15.8. The summed E-state index contributed by atoms with van der Waals surface area (Å²) in [6.07, 6.45) is 0.487. The predicted molar refractivity (Wildman–Crippen MR) is 177 cm³/mol. The molecule has 3 aromatic rings. The Hall–Kier alpha value is -5.33. The van der Waals surface area contributed by atoms with Crippen molar-refractivity contribution in [3.05, 3.63) is 67.3 Å². The van der Waals surface area contributed by atoms with Crippen molar-refractivity contribution >= 4 is 34.9 Å². The smallest absolute Gasteiger partial charge is 0.426 e. The molecule has 1 saturated carbocycles. The van der Waals surface area contributed by atoms with E-state index in [0.29, 0.717) is 34.5 Å². The molecule has 4 amide bonds. The lowest BCUT2D eigenvalue weighted by molar-refractivity contribution is -0.149. The second kappa shape index (κ2) is 13.8. The summed E-state index contributed by atoms with van der Waals surface area (Å²) in [7, 11) is 1.58. The van der Waals surface area contributed by atoms with E-state index in [1.54, 1.807) is 46.9 Å². The highest BCUT2D eigenvalue weighted by Crippen LogP contribution is 2.46. The first kappa shape index (κ1) is 34.0. The van der Waals surface area contributed by atoms with Crippen molar-refractivity contribution in [3.63, 3.8) is 0 Å². The summed E-state index contributed by atoms with van der Waals surface area (Å²) in [5, 5.41) is 3.54. The largest absolute Gasteiger partial charge is 0.497 e. The highest BCUT2D eigenvalue weighted by atomic mass is 16.6. The van der Waals surface area contributed by atoms with E-state index < -0.39 is 47.3 Å². The molecule has 1 aliphatic carbocycles. The molecule has 48 heavy (non-hydrogen) atoms. The molecule has 0 bridgehead atoms. The SMILES string of the molecule is C=C[C@@H]1CC1(NC(=O)[C@@H]1C[C@@H](Oc2cc(-c3ccccc3)nc3cc(OC)ccc23)CN1C(=O)NNC(=O)OC(C)(C)C)C(=O)OCC. The molecule has 2 aliphatic rings. The van der Waals surface area contributed by atoms with Gasteiger partial charge >= 0.3 is 18.1 Å². The molecule has 5 rings (SSSR count). The Morgan fingerprint density at radius 3 is 2.48 bits per heavy atom. The molecule has 1 aromatic heterocycles. The van der Waals surface area contributed by atoms with Crippen molar-refractivity contribution in [3.8, 4) is 22.8 Å². The van der Waals surface area contributed by atoms with Gasteiger partial charge in [0.15, 0.2) is 0 Å². The molecule has 1 aliphatic heterocycles. The Labute approximate surface area is 278 Å². The Bertz CT molecular complexity index is 1710. The molecule has 2 aromatic carbocycles. The van der Waals surface area contributed by atoms with Crippen molar-refractivity contribution < 1.29 is 38.1 Å². The highest BCUT2D eigenvalue weighted by Gasteiger charge is 2.62. The number of ether oxygens (including phenoxy) is 4. The van der Waals surface area contributed by atoms with E-state index >= 15 is 0 Å². The van der Waals surface area contributed by atoms with Gasteiger partial charge in [0, 0.05) is 35.4 Å². The fourth-order valence-corrected chi connectivity index (χ4v) is 5.74. The van der Waals surface area contributed by atoms with E-state index in [9.17, 15) is 19.2 Å². The maximum Gasteiger partial charge on any atom is 0.426 e. The second-order valence-electron chi connectivity index (χ2n) is 12.7. The number of hydrazine groups is 1. The predicted octanol–water partition coefficient (Wildman–Crippen LogP) is 4.51. The number of fused-ring (bicyclic) bond motifs is 1. The Morgan fingerprint density at radius 2 is 1.83 bits per heavy atom. The minimum absolute atomic E-state index is 0.0160. The number of pyridine rings is 1. The summed E-state index contributed by atoms with van der Waals surface area (Å²) in [6, 6.07) is 15.1. The average molecular weight is 660 g/mol. The molecule has 13 nitrogen and oxygen atoms in total. The number of nitrogens with zero attached hydrogens (tertiary/aromatic N) is 2. The molecule has 0 spiro atoms.